The Morgan fingerprint density at radius 1 is 1.11 bits per heavy atom. The zero-order valence-electron chi connectivity index (χ0n) is 11.6. The monoisotopic (exact) mass is 254 g/mol. The molecular formula is C18H22O. The predicted octanol–water partition coefficient (Wildman–Crippen LogP) is 3.83. The third-order valence-corrected chi connectivity index (χ3v) is 6.56. The second-order valence-electron chi connectivity index (χ2n) is 7.15. The number of benzene rings is 1. The van der Waals surface area contributed by atoms with Crippen LogP contribution < -0.4 is 0 Å². The molecule has 4 bridgehead atoms. The summed E-state index contributed by atoms with van der Waals surface area (Å²) in [4.78, 5) is 12.2. The lowest BCUT2D eigenvalue weighted by atomic mass is 9.41. The summed E-state index contributed by atoms with van der Waals surface area (Å²) in [5.74, 6) is 3.70. The van der Waals surface area contributed by atoms with Gasteiger partial charge in [0.15, 0.2) is 0 Å². The molecule has 0 spiro atoms. The van der Waals surface area contributed by atoms with Gasteiger partial charge in [-0.3, -0.25) is 0 Å². The lowest BCUT2D eigenvalue weighted by Gasteiger charge is -2.62. The smallest absolute Gasteiger partial charge is 0.131 e. The van der Waals surface area contributed by atoms with Gasteiger partial charge in [-0.25, -0.2) is 0 Å². The summed E-state index contributed by atoms with van der Waals surface area (Å²) in [5.41, 5.74) is 1.11. The number of carbonyl (C=O) groups excluding carboxylic acids is 1. The molecule has 0 amide bonds. The fourth-order valence-electron chi connectivity index (χ4n) is 5.76. The van der Waals surface area contributed by atoms with Crippen LogP contribution in [-0.2, 0) is 10.2 Å². The fraction of sp³-hybridized carbons (Fsp3) is 0.611. The van der Waals surface area contributed by atoms with E-state index in [1.54, 1.807) is 0 Å². The lowest BCUT2D eigenvalue weighted by Crippen LogP contribution is -2.59. The quantitative estimate of drug-likeness (QED) is 0.733. The first-order chi connectivity index (χ1) is 9.25. The van der Waals surface area contributed by atoms with Crippen LogP contribution in [0.3, 0.4) is 0 Å². The van der Waals surface area contributed by atoms with E-state index in [-0.39, 0.29) is 5.41 Å². The first kappa shape index (κ1) is 11.7. The van der Waals surface area contributed by atoms with Gasteiger partial charge < -0.3 is 4.79 Å². The Kier molecular flexibility index (Phi) is 2.43. The van der Waals surface area contributed by atoms with Crippen molar-refractivity contribution in [1.82, 2.24) is 0 Å². The Labute approximate surface area is 115 Å². The molecule has 0 N–H and O–H groups in total. The molecule has 1 aromatic carbocycles. The highest BCUT2D eigenvalue weighted by molar-refractivity contribution is 5.71. The van der Waals surface area contributed by atoms with Crippen LogP contribution in [0.5, 0.6) is 0 Å². The molecule has 6 unspecified atom stereocenters. The van der Waals surface area contributed by atoms with Crippen molar-refractivity contribution in [2.75, 3.05) is 0 Å². The highest BCUT2D eigenvalue weighted by Crippen LogP contribution is 2.64. The van der Waals surface area contributed by atoms with Crippen molar-refractivity contribution < 1.29 is 4.79 Å². The van der Waals surface area contributed by atoms with Crippen LogP contribution in [0.2, 0.25) is 0 Å². The normalized spacial score (nSPS) is 47.3. The van der Waals surface area contributed by atoms with Crippen molar-refractivity contribution in [3.63, 3.8) is 0 Å². The van der Waals surface area contributed by atoms with Gasteiger partial charge in [-0.1, -0.05) is 37.3 Å². The molecule has 1 aromatic rings. The molecule has 4 saturated carbocycles. The van der Waals surface area contributed by atoms with Gasteiger partial charge in [0, 0.05) is 0 Å². The van der Waals surface area contributed by atoms with Gasteiger partial charge in [0.25, 0.3) is 0 Å². The van der Waals surface area contributed by atoms with Crippen molar-refractivity contribution in [3.8, 4) is 0 Å². The Morgan fingerprint density at radius 3 is 2.63 bits per heavy atom. The molecule has 0 aliphatic heterocycles. The third-order valence-electron chi connectivity index (χ3n) is 6.56. The Balaban J connectivity index is 1.86. The van der Waals surface area contributed by atoms with E-state index in [2.05, 4.69) is 37.3 Å². The van der Waals surface area contributed by atoms with E-state index in [0.717, 1.165) is 17.8 Å². The van der Waals surface area contributed by atoms with Crippen LogP contribution in [0, 0.1) is 29.6 Å². The molecule has 0 saturated heterocycles. The van der Waals surface area contributed by atoms with Crippen molar-refractivity contribution in [3.05, 3.63) is 35.9 Å². The van der Waals surface area contributed by atoms with Gasteiger partial charge >= 0.3 is 0 Å². The van der Waals surface area contributed by atoms with Crippen LogP contribution >= 0.6 is 0 Å². The molecule has 100 valence electrons. The minimum Gasteiger partial charge on any atom is -0.302 e. The third kappa shape index (κ3) is 1.39. The second kappa shape index (κ2) is 3.94. The predicted molar refractivity (Wildman–Crippen MR) is 75.8 cm³/mol. The van der Waals surface area contributed by atoms with Crippen LogP contribution in [0.4, 0.5) is 0 Å². The van der Waals surface area contributed by atoms with E-state index >= 15 is 0 Å². The Hall–Kier alpha value is -1.11. The number of hydrogen-bond acceptors (Lipinski definition) is 1. The van der Waals surface area contributed by atoms with Crippen molar-refractivity contribution in [1.29, 1.82) is 0 Å². The summed E-state index contributed by atoms with van der Waals surface area (Å²) < 4.78 is 0. The molecule has 0 aromatic heterocycles. The topological polar surface area (TPSA) is 17.1 Å². The van der Waals surface area contributed by atoms with Gasteiger partial charge in [-0.2, -0.15) is 0 Å². The second-order valence-corrected chi connectivity index (χ2v) is 7.15. The largest absolute Gasteiger partial charge is 0.302 e. The SMILES string of the molecule is CC1C2CC3CC(C2)C(C=O)(c2ccccc2)C1C3. The first-order valence-corrected chi connectivity index (χ1v) is 7.77. The van der Waals surface area contributed by atoms with Gasteiger partial charge in [0.2, 0.25) is 0 Å². The highest BCUT2D eigenvalue weighted by Gasteiger charge is 2.60. The lowest BCUT2D eigenvalue weighted by molar-refractivity contribution is -0.137. The van der Waals surface area contributed by atoms with E-state index in [4.69, 9.17) is 0 Å². The average molecular weight is 254 g/mol. The molecule has 4 aliphatic carbocycles. The maximum absolute atomic E-state index is 12.2. The minimum atomic E-state index is -0.173. The number of hydrogen-bond donors (Lipinski definition) is 0. The highest BCUT2D eigenvalue weighted by atomic mass is 16.1. The van der Waals surface area contributed by atoms with Crippen LogP contribution in [0.25, 0.3) is 0 Å². The summed E-state index contributed by atoms with van der Waals surface area (Å²) in [6, 6.07) is 10.6. The summed E-state index contributed by atoms with van der Waals surface area (Å²) in [5, 5.41) is 0. The zero-order valence-corrected chi connectivity index (χ0v) is 11.6. The van der Waals surface area contributed by atoms with E-state index in [1.165, 1.54) is 37.5 Å². The molecule has 19 heavy (non-hydrogen) atoms. The first-order valence-electron chi connectivity index (χ1n) is 7.77. The molecule has 6 atom stereocenters. The molecular weight excluding hydrogens is 232 g/mol. The number of rotatable bonds is 2. The van der Waals surface area contributed by atoms with Crippen LogP contribution in [-0.4, -0.2) is 6.29 Å². The minimum absolute atomic E-state index is 0.173. The molecule has 4 fully saturated rings. The van der Waals surface area contributed by atoms with E-state index in [1.807, 2.05) is 0 Å². The maximum Gasteiger partial charge on any atom is 0.131 e. The zero-order chi connectivity index (χ0) is 13.0. The van der Waals surface area contributed by atoms with Crippen molar-refractivity contribution in [2.24, 2.45) is 29.6 Å². The molecule has 0 heterocycles. The maximum atomic E-state index is 12.2. The molecule has 0 radical (unpaired) electrons. The summed E-state index contributed by atoms with van der Waals surface area (Å²) >= 11 is 0. The van der Waals surface area contributed by atoms with Crippen LogP contribution in [0.1, 0.15) is 38.2 Å². The fourth-order valence-corrected chi connectivity index (χ4v) is 5.76. The standard InChI is InChI=1S/C18H22O/c1-12-14-7-13-8-16(10-14)18(11-19,17(12)9-13)15-5-3-2-4-6-15/h2-6,11-14,16-17H,7-10H2,1H3. The van der Waals surface area contributed by atoms with E-state index in [0.29, 0.717) is 11.8 Å². The van der Waals surface area contributed by atoms with Crippen LogP contribution in [0.15, 0.2) is 30.3 Å². The molecule has 1 nitrogen and oxygen atoms in total. The molecule has 4 aliphatic rings. The molecule has 1 heteroatoms. The summed E-state index contributed by atoms with van der Waals surface area (Å²) in [6.45, 7) is 2.40. The number of carbonyl (C=O) groups is 1. The average Bonchev–Trinajstić information content (AvgIpc) is 2.46. The van der Waals surface area contributed by atoms with Gasteiger partial charge in [-0.15, -0.1) is 0 Å². The summed E-state index contributed by atoms with van der Waals surface area (Å²) in [6.07, 6.45) is 6.60. The Bertz CT molecular complexity index is 494. The van der Waals surface area contributed by atoms with E-state index < -0.39 is 0 Å². The summed E-state index contributed by atoms with van der Waals surface area (Å²) in [7, 11) is 0. The van der Waals surface area contributed by atoms with Gasteiger partial charge in [0.05, 0.1) is 5.41 Å². The van der Waals surface area contributed by atoms with Gasteiger partial charge in [0.1, 0.15) is 6.29 Å². The Morgan fingerprint density at radius 2 is 1.89 bits per heavy atom. The van der Waals surface area contributed by atoms with Gasteiger partial charge in [-0.05, 0) is 60.8 Å². The van der Waals surface area contributed by atoms with E-state index in [9.17, 15) is 4.79 Å². The number of aldehydes is 1. The molecule has 5 rings (SSSR count). The van der Waals surface area contributed by atoms with Crippen molar-refractivity contribution >= 4 is 6.29 Å². The van der Waals surface area contributed by atoms with Crippen molar-refractivity contribution in [2.45, 2.75) is 38.0 Å².